The van der Waals surface area contributed by atoms with Gasteiger partial charge in [-0.3, -0.25) is 24.1 Å². The molecule has 0 spiro atoms. The lowest BCUT2D eigenvalue weighted by molar-refractivity contribution is -0.116. The second-order valence-electron chi connectivity index (χ2n) is 8.83. The van der Waals surface area contributed by atoms with Crippen molar-refractivity contribution in [2.24, 2.45) is 5.41 Å². The molecule has 0 atom stereocenters. The van der Waals surface area contributed by atoms with Crippen molar-refractivity contribution in [2.75, 3.05) is 25.0 Å². The van der Waals surface area contributed by atoms with Crippen LogP contribution in [0.2, 0.25) is 0 Å². The number of hydrogen-bond donors (Lipinski definition) is 1. The van der Waals surface area contributed by atoms with E-state index in [4.69, 9.17) is 0 Å². The van der Waals surface area contributed by atoms with Crippen LogP contribution in [0.15, 0.2) is 48.5 Å². The predicted octanol–water partition coefficient (Wildman–Crippen LogP) is 3.18. The first-order valence-electron chi connectivity index (χ1n) is 10.4. The van der Waals surface area contributed by atoms with Crippen LogP contribution in [0.1, 0.15) is 57.8 Å². The molecule has 2 aromatic carbocycles. The van der Waals surface area contributed by atoms with Gasteiger partial charge in [0.2, 0.25) is 5.91 Å². The molecular formula is C24H25N3O4. The number of carbonyl (C=O) groups excluding carboxylic acids is 4. The SMILES string of the molecule is CC1(C)CCCN(C(=O)c2ccccc2NC(=O)CN2C(=O)c3ccccc3C2=O)C1. The van der Waals surface area contributed by atoms with Crippen molar-refractivity contribution in [3.05, 3.63) is 65.2 Å². The molecule has 1 N–H and O–H groups in total. The van der Waals surface area contributed by atoms with Gasteiger partial charge in [0.15, 0.2) is 0 Å². The Balaban J connectivity index is 1.48. The molecule has 0 bridgehead atoms. The quantitative estimate of drug-likeness (QED) is 0.771. The largest absolute Gasteiger partial charge is 0.338 e. The molecule has 0 saturated carbocycles. The zero-order valence-electron chi connectivity index (χ0n) is 17.7. The molecule has 2 aliphatic rings. The summed E-state index contributed by atoms with van der Waals surface area (Å²) in [6, 6.07) is 13.3. The van der Waals surface area contributed by atoms with Gasteiger partial charge in [-0.15, -0.1) is 0 Å². The Morgan fingerprint density at radius 2 is 1.58 bits per heavy atom. The normalized spacial score (nSPS) is 17.5. The third-order valence-corrected chi connectivity index (χ3v) is 5.80. The molecule has 0 unspecified atom stereocenters. The van der Waals surface area contributed by atoms with E-state index in [0.717, 1.165) is 17.7 Å². The summed E-state index contributed by atoms with van der Waals surface area (Å²) in [6.07, 6.45) is 2.00. The number of hydrogen-bond acceptors (Lipinski definition) is 4. The number of nitrogens with zero attached hydrogens (tertiary/aromatic N) is 2. The number of fused-ring (bicyclic) bond motifs is 1. The summed E-state index contributed by atoms with van der Waals surface area (Å²) in [4.78, 5) is 53.6. The highest BCUT2D eigenvalue weighted by molar-refractivity contribution is 6.22. The number of carbonyl (C=O) groups is 4. The molecule has 0 aromatic heterocycles. The van der Waals surface area contributed by atoms with Crippen LogP contribution >= 0.6 is 0 Å². The number of nitrogens with one attached hydrogen (secondary N) is 1. The summed E-state index contributed by atoms with van der Waals surface area (Å²) in [7, 11) is 0. The molecule has 2 heterocycles. The van der Waals surface area contributed by atoms with Crippen molar-refractivity contribution in [1.29, 1.82) is 0 Å². The number of anilines is 1. The van der Waals surface area contributed by atoms with Crippen molar-refractivity contribution in [3.63, 3.8) is 0 Å². The van der Waals surface area contributed by atoms with Gasteiger partial charge in [-0.1, -0.05) is 38.1 Å². The van der Waals surface area contributed by atoms with E-state index in [1.165, 1.54) is 0 Å². The molecule has 0 aliphatic carbocycles. The van der Waals surface area contributed by atoms with Crippen LogP contribution in [0.3, 0.4) is 0 Å². The lowest BCUT2D eigenvalue weighted by atomic mass is 9.84. The van der Waals surface area contributed by atoms with Gasteiger partial charge in [-0.2, -0.15) is 0 Å². The Bertz CT molecular complexity index is 1040. The molecule has 0 radical (unpaired) electrons. The van der Waals surface area contributed by atoms with Crippen molar-refractivity contribution < 1.29 is 19.2 Å². The number of piperidine rings is 1. The van der Waals surface area contributed by atoms with Gasteiger partial charge in [0.05, 0.1) is 22.4 Å². The number of amides is 4. The maximum absolute atomic E-state index is 13.1. The first-order valence-corrected chi connectivity index (χ1v) is 10.4. The van der Waals surface area contributed by atoms with Gasteiger partial charge in [-0.05, 0) is 42.5 Å². The van der Waals surface area contributed by atoms with Crippen LogP contribution in [-0.4, -0.2) is 53.1 Å². The standard InChI is InChI=1S/C24H25N3O4/c1-24(2)12-7-13-26(15-24)21(29)18-10-5-6-11-19(18)25-20(28)14-27-22(30)16-8-3-4-9-17(16)23(27)31/h3-6,8-11H,7,12-15H2,1-2H3,(H,25,28). The second-order valence-corrected chi connectivity index (χ2v) is 8.83. The Hall–Kier alpha value is -3.48. The zero-order valence-corrected chi connectivity index (χ0v) is 17.7. The minimum absolute atomic E-state index is 0.0532. The molecular weight excluding hydrogens is 394 g/mol. The fourth-order valence-electron chi connectivity index (χ4n) is 4.26. The van der Waals surface area contributed by atoms with Crippen molar-refractivity contribution >= 4 is 29.3 Å². The smallest absolute Gasteiger partial charge is 0.262 e. The van der Waals surface area contributed by atoms with Crippen molar-refractivity contribution in [1.82, 2.24) is 9.80 Å². The van der Waals surface area contributed by atoms with Crippen LogP contribution < -0.4 is 5.32 Å². The summed E-state index contributed by atoms with van der Waals surface area (Å²) in [6.45, 7) is 5.21. The summed E-state index contributed by atoms with van der Waals surface area (Å²) < 4.78 is 0. The third kappa shape index (κ3) is 4.08. The zero-order chi connectivity index (χ0) is 22.2. The highest BCUT2D eigenvalue weighted by Gasteiger charge is 2.36. The molecule has 2 aromatic rings. The van der Waals surface area contributed by atoms with Crippen LogP contribution in [-0.2, 0) is 4.79 Å². The molecule has 7 heteroatoms. The maximum atomic E-state index is 13.1. The second kappa shape index (κ2) is 7.98. The lowest BCUT2D eigenvalue weighted by Crippen LogP contribution is -2.44. The minimum Gasteiger partial charge on any atom is -0.338 e. The predicted molar refractivity (Wildman–Crippen MR) is 116 cm³/mol. The topological polar surface area (TPSA) is 86.8 Å². The average Bonchev–Trinajstić information content (AvgIpc) is 2.98. The lowest BCUT2D eigenvalue weighted by Gasteiger charge is -2.38. The van der Waals surface area contributed by atoms with E-state index in [9.17, 15) is 19.2 Å². The van der Waals surface area contributed by atoms with Gasteiger partial charge in [0.25, 0.3) is 17.7 Å². The van der Waals surface area contributed by atoms with Gasteiger partial charge in [0, 0.05) is 13.1 Å². The summed E-state index contributed by atoms with van der Waals surface area (Å²) in [5, 5.41) is 2.71. The van der Waals surface area contributed by atoms with Gasteiger partial charge in [0.1, 0.15) is 6.54 Å². The van der Waals surface area contributed by atoms with Gasteiger partial charge >= 0.3 is 0 Å². The number of imide groups is 1. The highest BCUT2D eigenvalue weighted by atomic mass is 16.2. The highest BCUT2D eigenvalue weighted by Crippen LogP contribution is 2.30. The molecule has 1 fully saturated rings. The van der Waals surface area contributed by atoms with Crippen LogP contribution in [0, 0.1) is 5.41 Å². The number of rotatable bonds is 4. The van der Waals surface area contributed by atoms with E-state index in [2.05, 4.69) is 19.2 Å². The molecule has 4 amide bonds. The summed E-state index contributed by atoms with van der Waals surface area (Å²) in [5.41, 5.74) is 1.41. The van der Waals surface area contributed by atoms with E-state index < -0.39 is 24.3 Å². The molecule has 7 nitrogen and oxygen atoms in total. The first-order chi connectivity index (χ1) is 14.8. The minimum atomic E-state index is -0.534. The van der Waals surface area contributed by atoms with E-state index in [-0.39, 0.29) is 11.3 Å². The molecule has 160 valence electrons. The van der Waals surface area contributed by atoms with Crippen LogP contribution in [0.25, 0.3) is 0 Å². The first kappa shape index (κ1) is 20.8. The Kier molecular flexibility index (Phi) is 5.35. The number of para-hydroxylation sites is 1. The van der Waals surface area contributed by atoms with Crippen LogP contribution in [0.4, 0.5) is 5.69 Å². The Labute approximate surface area is 181 Å². The molecule has 4 rings (SSSR count). The number of benzene rings is 2. The van der Waals surface area contributed by atoms with Crippen LogP contribution in [0.5, 0.6) is 0 Å². The Morgan fingerprint density at radius 1 is 0.968 bits per heavy atom. The fourth-order valence-corrected chi connectivity index (χ4v) is 4.26. The maximum Gasteiger partial charge on any atom is 0.262 e. The summed E-state index contributed by atoms with van der Waals surface area (Å²) >= 11 is 0. The van der Waals surface area contributed by atoms with Gasteiger partial charge < -0.3 is 10.2 Å². The monoisotopic (exact) mass is 419 g/mol. The fraction of sp³-hybridized carbons (Fsp3) is 0.333. The van der Waals surface area contributed by atoms with Gasteiger partial charge in [-0.25, -0.2) is 0 Å². The summed E-state index contributed by atoms with van der Waals surface area (Å²) in [5.74, 6) is -1.65. The third-order valence-electron chi connectivity index (χ3n) is 5.80. The van der Waals surface area contributed by atoms with E-state index in [1.54, 1.807) is 48.5 Å². The van der Waals surface area contributed by atoms with Crippen molar-refractivity contribution in [2.45, 2.75) is 26.7 Å². The molecule has 2 aliphatic heterocycles. The van der Waals surface area contributed by atoms with E-state index in [1.807, 2.05) is 4.90 Å². The molecule has 31 heavy (non-hydrogen) atoms. The Morgan fingerprint density at radius 3 is 2.23 bits per heavy atom. The van der Waals surface area contributed by atoms with Crippen molar-refractivity contribution in [3.8, 4) is 0 Å². The van der Waals surface area contributed by atoms with E-state index in [0.29, 0.717) is 35.5 Å². The average molecular weight is 419 g/mol. The number of likely N-dealkylation sites (tertiary alicyclic amines) is 1. The molecule has 1 saturated heterocycles. The van der Waals surface area contributed by atoms with E-state index >= 15 is 0 Å².